The summed E-state index contributed by atoms with van der Waals surface area (Å²) < 4.78 is 3.77. The van der Waals surface area contributed by atoms with Crippen molar-refractivity contribution in [3.8, 4) is 22.5 Å². The monoisotopic (exact) mass is 401 g/mol. The van der Waals surface area contributed by atoms with Gasteiger partial charge in [0.05, 0.1) is 17.1 Å². The fourth-order valence-electron chi connectivity index (χ4n) is 3.47. The van der Waals surface area contributed by atoms with E-state index in [2.05, 4.69) is 21.2 Å². The molecule has 0 unspecified atom stereocenters. The number of fused-ring (bicyclic) bond motifs is 1. The second-order valence-electron chi connectivity index (χ2n) is 6.85. The van der Waals surface area contributed by atoms with Crippen LogP contribution in [-0.2, 0) is 13.6 Å². The summed E-state index contributed by atoms with van der Waals surface area (Å²) >= 11 is 1.76. The lowest BCUT2D eigenvalue weighted by Gasteiger charge is -2.09. The molecule has 1 amide bonds. The van der Waals surface area contributed by atoms with Crippen LogP contribution < -0.4 is 5.32 Å². The number of para-hydroxylation sites is 1. The van der Waals surface area contributed by atoms with E-state index < -0.39 is 0 Å². The van der Waals surface area contributed by atoms with Gasteiger partial charge in [0, 0.05) is 36.7 Å². The Morgan fingerprint density at radius 2 is 1.86 bits per heavy atom. The van der Waals surface area contributed by atoms with Crippen LogP contribution in [0, 0.1) is 0 Å². The molecule has 1 aliphatic rings. The highest BCUT2D eigenvalue weighted by Gasteiger charge is 2.19. The first-order valence-corrected chi connectivity index (χ1v) is 10.4. The summed E-state index contributed by atoms with van der Waals surface area (Å²) in [5.74, 6) is 0.862. The molecule has 5 rings (SSSR count). The van der Waals surface area contributed by atoms with Crippen molar-refractivity contribution in [2.45, 2.75) is 11.7 Å². The smallest absolute Gasteiger partial charge is 0.273 e. The summed E-state index contributed by atoms with van der Waals surface area (Å²) in [6, 6.07) is 19.4. The number of hydrogen-bond acceptors (Lipinski definition) is 4. The molecule has 4 aromatic rings. The maximum Gasteiger partial charge on any atom is 0.273 e. The molecule has 0 bridgehead atoms. The lowest BCUT2D eigenvalue weighted by Crippen LogP contribution is -2.16. The lowest BCUT2D eigenvalue weighted by atomic mass is 10.1. The molecular formula is C22H19N5OS. The topological polar surface area (TPSA) is 64.7 Å². The van der Waals surface area contributed by atoms with Crippen molar-refractivity contribution in [3.05, 3.63) is 72.6 Å². The maximum atomic E-state index is 13.0. The zero-order valence-corrected chi connectivity index (χ0v) is 16.7. The van der Waals surface area contributed by atoms with Crippen LogP contribution in [0.2, 0.25) is 0 Å². The molecule has 1 aliphatic heterocycles. The first-order valence-electron chi connectivity index (χ1n) is 9.39. The number of imidazole rings is 1. The van der Waals surface area contributed by atoms with E-state index in [1.54, 1.807) is 23.5 Å². The number of thioether (sulfide) groups is 1. The second kappa shape index (κ2) is 7.25. The van der Waals surface area contributed by atoms with Gasteiger partial charge >= 0.3 is 0 Å². The van der Waals surface area contributed by atoms with E-state index >= 15 is 0 Å². The largest absolute Gasteiger partial charge is 0.325 e. The summed E-state index contributed by atoms with van der Waals surface area (Å²) in [4.78, 5) is 17.7. The van der Waals surface area contributed by atoms with Gasteiger partial charge in [-0.05, 0) is 12.1 Å². The minimum absolute atomic E-state index is 0.198. The van der Waals surface area contributed by atoms with Gasteiger partial charge in [-0.25, -0.2) is 4.98 Å². The van der Waals surface area contributed by atoms with Crippen molar-refractivity contribution in [2.75, 3.05) is 11.1 Å². The fourth-order valence-corrected chi connectivity index (χ4v) is 4.41. The number of nitrogens with zero attached hydrogens (tertiary/aromatic N) is 4. The Bertz CT molecular complexity index is 1170. The van der Waals surface area contributed by atoms with Gasteiger partial charge in [-0.15, -0.1) is 0 Å². The Kier molecular flexibility index (Phi) is 4.44. The van der Waals surface area contributed by atoms with E-state index in [9.17, 15) is 4.79 Å². The minimum Gasteiger partial charge on any atom is -0.325 e. The van der Waals surface area contributed by atoms with Crippen molar-refractivity contribution in [1.29, 1.82) is 0 Å². The minimum atomic E-state index is -0.198. The number of carbonyl (C=O) groups excluding carboxylic acids is 1. The maximum absolute atomic E-state index is 13.0. The second-order valence-corrected chi connectivity index (χ2v) is 7.92. The molecule has 0 fully saturated rings. The molecule has 0 spiro atoms. The number of carbonyl (C=O) groups is 1. The Labute approximate surface area is 172 Å². The van der Waals surface area contributed by atoms with E-state index in [1.807, 2.05) is 60.7 Å². The van der Waals surface area contributed by atoms with E-state index in [0.29, 0.717) is 5.69 Å². The predicted octanol–water partition coefficient (Wildman–Crippen LogP) is 4.31. The van der Waals surface area contributed by atoms with Crippen molar-refractivity contribution < 1.29 is 4.79 Å². The molecular weight excluding hydrogens is 382 g/mol. The number of aryl methyl sites for hydroxylation is 2. The number of anilines is 1. The third-order valence-electron chi connectivity index (χ3n) is 4.94. The SMILES string of the molecule is Cn1nc(-c2ccccc2)cc1C(=O)Nc1ccccc1-c1cn2c(n1)SCC2. The summed E-state index contributed by atoms with van der Waals surface area (Å²) in [7, 11) is 1.78. The molecule has 1 N–H and O–H groups in total. The average molecular weight is 401 g/mol. The van der Waals surface area contributed by atoms with Gasteiger partial charge in [-0.2, -0.15) is 5.10 Å². The molecule has 29 heavy (non-hydrogen) atoms. The third kappa shape index (κ3) is 3.34. The van der Waals surface area contributed by atoms with Gasteiger partial charge in [0.15, 0.2) is 5.16 Å². The number of amides is 1. The van der Waals surface area contributed by atoms with Gasteiger partial charge in [-0.1, -0.05) is 60.3 Å². The molecule has 2 aromatic heterocycles. The Hall–Kier alpha value is -3.32. The van der Waals surface area contributed by atoms with Crippen LogP contribution in [0.3, 0.4) is 0 Å². The number of rotatable bonds is 4. The molecule has 144 valence electrons. The number of hydrogen-bond donors (Lipinski definition) is 1. The van der Waals surface area contributed by atoms with E-state index in [4.69, 9.17) is 4.98 Å². The zero-order chi connectivity index (χ0) is 19.8. The first-order chi connectivity index (χ1) is 14.2. The van der Waals surface area contributed by atoms with Gasteiger partial charge < -0.3 is 9.88 Å². The highest BCUT2D eigenvalue weighted by atomic mass is 32.2. The molecule has 3 heterocycles. The van der Waals surface area contributed by atoms with Crippen molar-refractivity contribution in [3.63, 3.8) is 0 Å². The molecule has 6 nitrogen and oxygen atoms in total. The highest BCUT2D eigenvalue weighted by Crippen LogP contribution is 2.32. The van der Waals surface area contributed by atoms with Gasteiger partial charge in [0.2, 0.25) is 0 Å². The summed E-state index contributed by atoms with van der Waals surface area (Å²) in [5.41, 5.74) is 4.77. The van der Waals surface area contributed by atoms with Crippen LogP contribution in [-0.4, -0.2) is 31.0 Å². The van der Waals surface area contributed by atoms with E-state index in [-0.39, 0.29) is 5.91 Å². The number of benzene rings is 2. The van der Waals surface area contributed by atoms with E-state index in [0.717, 1.165) is 45.7 Å². The van der Waals surface area contributed by atoms with E-state index in [1.165, 1.54) is 0 Å². The standard InChI is InChI=1S/C22H19N5OS/c1-26-20(13-18(25-26)15-7-3-2-4-8-15)21(28)23-17-10-6-5-9-16(17)19-14-27-11-12-29-22(27)24-19/h2-10,13-14H,11-12H2,1H3,(H,23,28). The number of nitrogens with one attached hydrogen (secondary N) is 1. The molecule has 2 aromatic carbocycles. The zero-order valence-electron chi connectivity index (χ0n) is 15.9. The molecule has 7 heteroatoms. The lowest BCUT2D eigenvalue weighted by molar-refractivity contribution is 0.101. The van der Waals surface area contributed by atoms with Crippen molar-refractivity contribution in [1.82, 2.24) is 19.3 Å². The van der Waals surface area contributed by atoms with Gasteiger partial charge in [0.1, 0.15) is 5.69 Å². The quantitative estimate of drug-likeness (QED) is 0.553. The van der Waals surface area contributed by atoms with Crippen molar-refractivity contribution in [2.24, 2.45) is 7.05 Å². The molecule has 0 saturated heterocycles. The molecule has 0 aliphatic carbocycles. The predicted molar refractivity (Wildman–Crippen MR) is 115 cm³/mol. The van der Waals surface area contributed by atoms with Crippen LogP contribution in [0.4, 0.5) is 5.69 Å². The highest BCUT2D eigenvalue weighted by molar-refractivity contribution is 7.99. The van der Waals surface area contributed by atoms with Crippen LogP contribution in [0.1, 0.15) is 10.5 Å². The summed E-state index contributed by atoms with van der Waals surface area (Å²) in [5, 5.41) is 8.56. The summed E-state index contributed by atoms with van der Waals surface area (Å²) in [6.07, 6.45) is 2.05. The van der Waals surface area contributed by atoms with Crippen LogP contribution >= 0.6 is 11.8 Å². The molecule has 0 saturated carbocycles. The van der Waals surface area contributed by atoms with Crippen LogP contribution in [0.5, 0.6) is 0 Å². The molecule has 0 radical (unpaired) electrons. The van der Waals surface area contributed by atoms with Gasteiger partial charge in [0.25, 0.3) is 5.91 Å². The van der Waals surface area contributed by atoms with Crippen molar-refractivity contribution >= 4 is 23.4 Å². The third-order valence-corrected chi connectivity index (χ3v) is 5.91. The van der Waals surface area contributed by atoms with Crippen LogP contribution in [0.15, 0.2) is 72.0 Å². The van der Waals surface area contributed by atoms with Crippen LogP contribution in [0.25, 0.3) is 22.5 Å². The Morgan fingerprint density at radius 3 is 2.69 bits per heavy atom. The Balaban J connectivity index is 1.44. The summed E-state index contributed by atoms with van der Waals surface area (Å²) in [6.45, 7) is 0.971. The molecule has 0 atom stereocenters. The Morgan fingerprint density at radius 1 is 1.07 bits per heavy atom. The van der Waals surface area contributed by atoms with Gasteiger partial charge in [-0.3, -0.25) is 9.48 Å². The first kappa shape index (κ1) is 17.8. The average Bonchev–Trinajstić information content (AvgIpc) is 3.44. The number of aromatic nitrogens is 4. The normalized spacial score (nSPS) is 12.7. The fraction of sp³-hybridized carbons (Fsp3) is 0.136.